The zero-order chi connectivity index (χ0) is 16.6. The number of hydrogen-bond donors (Lipinski definition) is 1. The van der Waals surface area contributed by atoms with Gasteiger partial charge < -0.3 is 10.0 Å². The summed E-state index contributed by atoms with van der Waals surface area (Å²) in [6.07, 6.45) is 1.82. The average molecular weight is 324 g/mol. The Balaban J connectivity index is 1.67. The van der Waals surface area contributed by atoms with Crippen molar-refractivity contribution >= 4 is 23.1 Å². The maximum absolute atomic E-state index is 12.7. The van der Waals surface area contributed by atoms with E-state index in [1.165, 1.54) is 0 Å². The zero-order valence-corrected chi connectivity index (χ0v) is 13.6. The molecule has 4 bridgehead atoms. The second kappa shape index (κ2) is 4.54. The van der Waals surface area contributed by atoms with Gasteiger partial charge in [0, 0.05) is 42.3 Å². The number of aliphatic imine (C=N–C) groups is 1. The highest BCUT2D eigenvalue weighted by atomic mass is 16.3. The summed E-state index contributed by atoms with van der Waals surface area (Å²) in [6, 6.07) is 7.57. The normalized spacial score (nSPS) is 39.2. The number of nitrogens with zero attached hydrogens (tertiary/aromatic N) is 2. The Labute approximate surface area is 140 Å². The van der Waals surface area contributed by atoms with Gasteiger partial charge in [0.05, 0.1) is 11.4 Å². The van der Waals surface area contributed by atoms with Crippen LogP contribution in [0.1, 0.15) is 31.7 Å². The lowest BCUT2D eigenvalue weighted by molar-refractivity contribution is -0.156. The van der Waals surface area contributed by atoms with Gasteiger partial charge in [0.25, 0.3) is 0 Å². The van der Waals surface area contributed by atoms with Gasteiger partial charge in [0.1, 0.15) is 11.4 Å². The minimum absolute atomic E-state index is 0.0183. The Morgan fingerprint density at radius 3 is 2.92 bits per heavy atom. The van der Waals surface area contributed by atoms with Crippen LogP contribution in [0.4, 0.5) is 5.69 Å². The Morgan fingerprint density at radius 2 is 2.12 bits per heavy atom. The number of carbonyl (C=O) groups is 2. The molecule has 1 aliphatic carbocycles. The van der Waals surface area contributed by atoms with Crippen molar-refractivity contribution in [2.45, 2.75) is 37.8 Å². The van der Waals surface area contributed by atoms with Crippen LogP contribution in [0.2, 0.25) is 0 Å². The van der Waals surface area contributed by atoms with Gasteiger partial charge in [-0.1, -0.05) is 18.2 Å². The van der Waals surface area contributed by atoms with E-state index in [4.69, 9.17) is 4.99 Å². The van der Waals surface area contributed by atoms with Crippen LogP contribution in [0.3, 0.4) is 0 Å². The summed E-state index contributed by atoms with van der Waals surface area (Å²) >= 11 is 0. The fraction of sp³-hybridized carbons (Fsp3) is 0.526. The number of benzene rings is 1. The van der Waals surface area contributed by atoms with Gasteiger partial charge in [-0.25, -0.2) is 0 Å². The molecule has 5 heteroatoms. The van der Waals surface area contributed by atoms with Crippen molar-refractivity contribution in [3.8, 4) is 0 Å². The smallest absolute Gasteiger partial charge is 0.226 e. The van der Waals surface area contributed by atoms with E-state index in [2.05, 4.69) is 0 Å². The maximum atomic E-state index is 12.7. The van der Waals surface area contributed by atoms with Crippen LogP contribution in [0.15, 0.2) is 29.3 Å². The van der Waals surface area contributed by atoms with E-state index in [0.29, 0.717) is 25.8 Å². The summed E-state index contributed by atoms with van der Waals surface area (Å²) in [5.41, 5.74) is 1.36. The zero-order valence-electron chi connectivity index (χ0n) is 13.6. The molecule has 0 spiro atoms. The largest absolute Gasteiger partial charge is 0.379 e. The SMILES string of the molecule is CC(=O)[C@H]1C[C@@H]2C[C@H]3C4=Nc5ccccc5[C@]4(O)CCN(C2=O)[C@@H]13. The highest BCUT2D eigenvalue weighted by molar-refractivity contribution is 6.04. The Hall–Kier alpha value is -2.01. The van der Waals surface area contributed by atoms with Crippen LogP contribution >= 0.6 is 0 Å². The van der Waals surface area contributed by atoms with Crippen molar-refractivity contribution in [3.63, 3.8) is 0 Å². The van der Waals surface area contributed by atoms with E-state index in [9.17, 15) is 14.7 Å². The van der Waals surface area contributed by atoms with Crippen molar-refractivity contribution < 1.29 is 14.7 Å². The molecule has 5 atom stereocenters. The van der Waals surface area contributed by atoms with Crippen LogP contribution < -0.4 is 0 Å². The van der Waals surface area contributed by atoms with Crippen molar-refractivity contribution in [1.29, 1.82) is 0 Å². The van der Waals surface area contributed by atoms with Crippen molar-refractivity contribution in [2.24, 2.45) is 22.7 Å². The van der Waals surface area contributed by atoms with Crippen molar-refractivity contribution in [1.82, 2.24) is 4.90 Å². The molecule has 0 aromatic heterocycles. The number of hydrogen-bond acceptors (Lipinski definition) is 4. The van der Waals surface area contributed by atoms with Crippen LogP contribution in [0.5, 0.6) is 0 Å². The number of piperidine rings is 2. The van der Waals surface area contributed by atoms with Gasteiger partial charge >= 0.3 is 0 Å². The molecule has 0 unspecified atom stereocenters. The lowest BCUT2D eigenvalue weighted by atomic mass is 9.63. The molecule has 5 aliphatic rings. The van der Waals surface area contributed by atoms with E-state index >= 15 is 0 Å². The molecule has 5 nitrogen and oxygen atoms in total. The number of ketones is 1. The molecule has 24 heavy (non-hydrogen) atoms. The third kappa shape index (κ3) is 1.61. The quantitative estimate of drug-likeness (QED) is 0.856. The second-order valence-corrected chi connectivity index (χ2v) is 7.64. The highest BCUT2D eigenvalue weighted by Crippen LogP contribution is 2.53. The predicted octanol–water partition coefficient (Wildman–Crippen LogP) is 1.81. The molecular formula is C19H20N2O3. The molecule has 0 radical (unpaired) electrons. The Kier molecular flexibility index (Phi) is 2.71. The van der Waals surface area contributed by atoms with Gasteiger partial charge in [-0.3, -0.25) is 14.6 Å². The Morgan fingerprint density at radius 1 is 1.33 bits per heavy atom. The second-order valence-electron chi connectivity index (χ2n) is 7.64. The van der Waals surface area contributed by atoms with E-state index < -0.39 is 5.60 Å². The van der Waals surface area contributed by atoms with E-state index in [1.54, 1.807) is 6.92 Å². The maximum Gasteiger partial charge on any atom is 0.226 e. The minimum Gasteiger partial charge on any atom is -0.379 e. The summed E-state index contributed by atoms with van der Waals surface area (Å²) in [6.45, 7) is 2.12. The molecule has 1 amide bonds. The summed E-state index contributed by atoms with van der Waals surface area (Å²) in [4.78, 5) is 31.5. The number of para-hydroxylation sites is 1. The summed E-state index contributed by atoms with van der Waals surface area (Å²) in [5, 5.41) is 11.5. The number of rotatable bonds is 1. The first-order chi connectivity index (χ1) is 11.5. The van der Waals surface area contributed by atoms with E-state index in [-0.39, 0.29) is 35.5 Å². The highest BCUT2D eigenvalue weighted by Gasteiger charge is 2.60. The van der Waals surface area contributed by atoms with Gasteiger partial charge in [0.2, 0.25) is 5.91 Å². The molecule has 4 fully saturated rings. The monoisotopic (exact) mass is 324 g/mol. The van der Waals surface area contributed by atoms with Crippen LogP contribution in [0, 0.1) is 17.8 Å². The molecule has 1 saturated carbocycles. The van der Waals surface area contributed by atoms with Crippen LogP contribution in [0.25, 0.3) is 0 Å². The lowest BCUT2D eigenvalue weighted by Crippen LogP contribution is -2.62. The first-order valence-electron chi connectivity index (χ1n) is 8.72. The Bertz CT molecular complexity index is 802. The molecule has 3 saturated heterocycles. The first kappa shape index (κ1) is 14.3. The first-order valence-corrected chi connectivity index (χ1v) is 8.72. The van der Waals surface area contributed by atoms with Crippen LogP contribution in [-0.4, -0.2) is 40.0 Å². The fourth-order valence-corrected chi connectivity index (χ4v) is 5.44. The third-order valence-electron chi connectivity index (χ3n) is 6.50. The molecular weight excluding hydrogens is 304 g/mol. The standard InChI is InChI=1S/C19H20N2O3/c1-10(22)12-8-11-9-13-16(12)21(18(11)23)7-6-19(24)14-4-2-3-5-15(14)20-17(13)19/h2-5,11-13,16,24H,6-9H2,1H3/t11-,12-,13-,16+,19-/m1/s1. The van der Waals surface area contributed by atoms with E-state index in [1.807, 2.05) is 29.2 Å². The number of fused-ring (bicyclic) bond motifs is 4. The molecule has 1 aromatic rings. The fourth-order valence-electron chi connectivity index (χ4n) is 5.44. The molecule has 6 rings (SSSR count). The predicted molar refractivity (Wildman–Crippen MR) is 87.9 cm³/mol. The van der Waals surface area contributed by atoms with Crippen molar-refractivity contribution in [2.75, 3.05) is 6.54 Å². The topological polar surface area (TPSA) is 70.0 Å². The van der Waals surface area contributed by atoms with Crippen LogP contribution in [-0.2, 0) is 15.2 Å². The summed E-state index contributed by atoms with van der Waals surface area (Å²) in [5.74, 6) is 0.0538. The van der Waals surface area contributed by atoms with Gasteiger partial charge in [-0.15, -0.1) is 0 Å². The molecule has 4 aliphatic heterocycles. The summed E-state index contributed by atoms with van der Waals surface area (Å²) < 4.78 is 0. The van der Waals surface area contributed by atoms with Crippen molar-refractivity contribution in [3.05, 3.63) is 29.8 Å². The number of Topliss-reactive ketones (excluding diaryl/α,β-unsaturated/α-hetero) is 1. The number of amides is 1. The molecule has 124 valence electrons. The number of aliphatic hydroxyl groups is 1. The van der Waals surface area contributed by atoms with Gasteiger partial charge in [-0.2, -0.15) is 0 Å². The third-order valence-corrected chi connectivity index (χ3v) is 6.50. The number of carbonyl (C=O) groups excluding carboxylic acids is 2. The minimum atomic E-state index is -1.10. The molecule has 4 heterocycles. The van der Waals surface area contributed by atoms with Gasteiger partial charge in [-0.05, 0) is 25.8 Å². The van der Waals surface area contributed by atoms with E-state index in [0.717, 1.165) is 17.0 Å². The lowest BCUT2D eigenvalue weighted by Gasteiger charge is -2.51. The summed E-state index contributed by atoms with van der Waals surface area (Å²) in [7, 11) is 0. The molecule has 1 aromatic carbocycles. The molecule has 1 N–H and O–H groups in total. The average Bonchev–Trinajstić information content (AvgIpc) is 2.82. The van der Waals surface area contributed by atoms with Gasteiger partial charge in [0.15, 0.2) is 0 Å².